The number of halogens is 3. The second-order valence-corrected chi connectivity index (χ2v) is 8.38. The van der Waals surface area contributed by atoms with Gasteiger partial charge in [0.15, 0.2) is 0 Å². The molecule has 1 aliphatic rings. The zero-order valence-electron chi connectivity index (χ0n) is 19.0. The van der Waals surface area contributed by atoms with Gasteiger partial charge in [0.1, 0.15) is 11.6 Å². The van der Waals surface area contributed by atoms with Gasteiger partial charge in [0.2, 0.25) is 5.88 Å². The summed E-state index contributed by atoms with van der Waals surface area (Å²) in [6, 6.07) is 8.67. The molecule has 36 heavy (non-hydrogen) atoms. The van der Waals surface area contributed by atoms with Crippen molar-refractivity contribution in [1.29, 1.82) is 0 Å². The van der Waals surface area contributed by atoms with Gasteiger partial charge in [-0.25, -0.2) is 9.97 Å². The predicted octanol–water partition coefficient (Wildman–Crippen LogP) is 4.12. The van der Waals surface area contributed by atoms with Crippen molar-refractivity contribution in [2.45, 2.75) is 18.1 Å². The number of hydrogen-bond acceptors (Lipinski definition) is 7. The summed E-state index contributed by atoms with van der Waals surface area (Å²) in [5.74, 6) is 2.76. The molecule has 186 valence electrons. The molecule has 1 amide bonds. The van der Waals surface area contributed by atoms with Gasteiger partial charge in [-0.15, -0.1) is 15.2 Å². The fourth-order valence-electron chi connectivity index (χ4n) is 3.79. The molecule has 4 rings (SSSR count). The maximum atomic E-state index is 13.0. The van der Waals surface area contributed by atoms with Crippen molar-refractivity contribution in [3.05, 3.63) is 59.9 Å². The molecule has 11 heteroatoms. The van der Waals surface area contributed by atoms with Gasteiger partial charge in [0.05, 0.1) is 24.3 Å². The number of aliphatic hydroxyl groups excluding tert-OH is 1. The van der Waals surface area contributed by atoms with Gasteiger partial charge in [-0.1, -0.05) is 5.92 Å². The van der Waals surface area contributed by atoms with E-state index in [0.29, 0.717) is 53.6 Å². The predicted molar refractivity (Wildman–Crippen MR) is 131 cm³/mol. The zero-order chi connectivity index (χ0) is 25.9. The highest BCUT2D eigenvalue weighted by atomic mass is 35.5. The van der Waals surface area contributed by atoms with Gasteiger partial charge >= 0.3 is 5.57 Å². The molecule has 0 radical (unpaired) electrons. The molecule has 0 unspecified atom stereocenters. The van der Waals surface area contributed by atoms with Crippen LogP contribution in [0.4, 0.5) is 20.3 Å². The van der Waals surface area contributed by atoms with Crippen molar-refractivity contribution in [1.82, 2.24) is 9.97 Å². The maximum Gasteiger partial charge on any atom is 0.487 e. The third kappa shape index (κ3) is 5.82. The average Bonchev–Trinajstić information content (AvgIpc) is 3.29. The Bertz CT molecular complexity index is 1310. The Kier molecular flexibility index (Phi) is 7.24. The van der Waals surface area contributed by atoms with Crippen LogP contribution in [0.15, 0.2) is 48.8 Å². The normalized spacial score (nSPS) is 15.3. The lowest BCUT2D eigenvalue weighted by Crippen LogP contribution is -2.23. The van der Waals surface area contributed by atoms with E-state index in [-0.39, 0.29) is 11.3 Å². The lowest BCUT2D eigenvalue weighted by molar-refractivity contribution is -0.0964. The number of anilines is 2. The number of pyridine rings is 2. The molecule has 3 heterocycles. The summed E-state index contributed by atoms with van der Waals surface area (Å²) < 4.78 is 35.1. The number of rotatable bonds is 7. The monoisotopic (exact) mass is 514 g/mol. The van der Waals surface area contributed by atoms with Crippen LogP contribution in [0.3, 0.4) is 0 Å². The van der Waals surface area contributed by atoms with E-state index in [0.717, 1.165) is 0 Å². The van der Waals surface area contributed by atoms with Gasteiger partial charge in [-0.2, -0.15) is 0 Å². The van der Waals surface area contributed by atoms with Gasteiger partial charge in [-0.05, 0) is 42.8 Å². The van der Waals surface area contributed by atoms with Crippen LogP contribution in [0.1, 0.15) is 22.3 Å². The number of β-amino-alcohol motifs (C(OH)–C–C–N with tert-alkyl or cyclic N) is 1. The van der Waals surface area contributed by atoms with Crippen LogP contribution in [-0.4, -0.2) is 52.9 Å². The van der Waals surface area contributed by atoms with Crippen LogP contribution in [0.25, 0.3) is 11.1 Å². The minimum absolute atomic E-state index is 0.162. The number of aliphatic hydroxyl groups is 1. The highest BCUT2D eigenvalue weighted by molar-refractivity contribution is 6.20. The van der Waals surface area contributed by atoms with Crippen molar-refractivity contribution in [3.8, 4) is 35.1 Å². The first-order valence-corrected chi connectivity index (χ1v) is 11.2. The summed E-state index contributed by atoms with van der Waals surface area (Å²) in [5.41, 5.74) is -1.61. The van der Waals surface area contributed by atoms with Crippen LogP contribution >= 0.6 is 11.6 Å². The number of ether oxygens (including phenoxy) is 2. The van der Waals surface area contributed by atoms with E-state index in [4.69, 9.17) is 22.8 Å². The van der Waals surface area contributed by atoms with Crippen LogP contribution in [0, 0.1) is 12.3 Å². The Hall–Kier alpha value is -3.94. The zero-order valence-corrected chi connectivity index (χ0v) is 19.8. The van der Waals surface area contributed by atoms with Gasteiger partial charge in [-0.3, -0.25) is 4.79 Å². The molecule has 1 fully saturated rings. The molecule has 3 aromatic rings. The minimum Gasteiger partial charge on any atom is -0.480 e. The first-order valence-electron chi connectivity index (χ1n) is 10.8. The van der Waals surface area contributed by atoms with Crippen molar-refractivity contribution >= 4 is 29.0 Å². The van der Waals surface area contributed by atoms with Crippen molar-refractivity contribution in [2.24, 2.45) is 0 Å². The number of amides is 1. The van der Waals surface area contributed by atoms with E-state index in [1.54, 1.807) is 18.3 Å². The Morgan fingerprint density at radius 2 is 2.03 bits per heavy atom. The van der Waals surface area contributed by atoms with E-state index in [1.165, 1.54) is 37.6 Å². The number of aromatic nitrogens is 2. The van der Waals surface area contributed by atoms with Crippen LogP contribution in [0.2, 0.25) is 0 Å². The summed E-state index contributed by atoms with van der Waals surface area (Å²) in [6.07, 6.45) is 8.71. The number of carbonyl (C=O) groups excluding carboxylic acids is 1. The molecule has 1 saturated heterocycles. The lowest BCUT2D eigenvalue weighted by atomic mass is 10.0. The summed E-state index contributed by atoms with van der Waals surface area (Å²) in [4.78, 5) is 23.7. The van der Waals surface area contributed by atoms with Crippen molar-refractivity contribution in [2.75, 3.05) is 30.4 Å². The smallest absolute Gasteiger partial charge is 0.480 e. The molecule has 2 N–H and O–H groups in total. The first-order chi connectivity index (χ1) is 17.2. The third-order valence-corrected chi connectivity index (χ3v) is 5.53. The largest absolute Gasteiger partial charge is 0.487 e. The topological polar surface area (TPSA) is 96.8 Å². The molecule has 0 saturated carbocycles. The molecule has 1 aromatic carbocycles. The summed E-state index contributed by atoms with van der Waals surface area (Å²) >= 11 is 4.77. The summed E-state index contributed by atoms with van der Waals surface area (Å²) in [7, 11) is 1.46. The number of hydrogen-bond donors (Lipinski definition) is 2. The van der Waals surface area contributed by atoms with E-state index in [2.05, 4.69) is 25.9 Å². The molecule has 1 aliphatic heterocycles. The van der Waals surface area contributed by atoms with Gasteiger partial charge in [0.25, 0.3) is 5.91 Å². The third-order valence-electron chi connectivity index (χ3n) is 5.45. The van der Waals surface area contributed by atoms with Crippen LogP contribution in [-0.2, 0) is 0 Å². The quantitative estimate of drug-likeness (QED) is 0.361. The first kappa shape index (κ1) is 25.2. The van der Waals surface area contributed by atoms with Crippen LogP contribution < -0.4 is 19.7 Å². The number of nitrogens with one attached hydrogen (secondary N) is 1. The molecule has 0 bridgehead atoms. The standard InChI is InChI=1S/C25H21ClF2N4O4/c1-3-15-10-16(12-30-24(15)35-2)21-11-17(13-29-22(21)32-9-8-19(33)14-32)23(34)31-18-4-6-20(7-5-18)36-25(26,27)28/h1,4-7,10-13,19,33H,8-9,14H2,2H3,(H,31,34)/t19-/m1/s1. The molecule has 8 nitrogen and oxygen atoms in total. The van der Waals surface area contributed by atoms with Crippen molar-refractivity contribution < 1.29 is 28.2 Å². The number of nitrogens with zero attached hydrogens (tertiary/aromatic N) is 3. The Labute approximate surface area is 210 Å². The number of carbonyl (C=O) groups is 1. The lowest BCUT2D eigenvalue weighted by Gasteiger charge is -2.21. The number of benzene rings is 1. The molecule has 0 aliphatic carbocycles. The summed E-state index contributed by atoms with van der Waals surface area (Å²) in [6.45, 7) is 0.987. The maximum absolute atomic E-state index is 13.0. The van der Waals surface area contributed by atoms with E-state index in [9.17, 15) is 18.7 Å². The SMILES string of the molecule is C#Cc1cc(-c2cc(C(=O)Nc3ccc(OC(F)(F)Cl)cc3)cnc2N2CC[C@@H](O)C2)cnc1OC. The van der Waals surface area contributed by atoms with E-state index in [1.807, 2.05) is 4.90 Å². The molecular formula is C25H21ClF2N4O4. The molecular weight excluding hydrogens is 494 g/mol. The Morgan fingerprint density at radius 3 is 2.64 bits per heavy atom. The van der Waals surface area contributed by atoms with Crippen LogP contribution in [0.5, 0.6) is 11.6 Å². The van der Waals surface area contributed by atoms with E-state index < -0.39 is 17.6 Å². The van der Waals surface area contributed by atoms with Gasteiger partial charge in [0, 0.05) is 53.9 Å². The van der Waals surface area contributed by atoms with E-state index >= 15 is 0 Å². The molecule has 0 spiro atoms. The number of terminal acetylenes is 1. The van der Waals surface area contributed by atoms with Crippen molar-refractivity contribution in [3.63, 3.8) is 0 Å². The highest BCUT2D eigenvalue weighted by Crippen LogP contribution is 2.34. The second-order valence-electron chi connectivity index (χ2n) is 7.94. The van der Waals surface area contributed by atoms with Gasteiger partial charge < -0.3 is 24.8 Å². The Morgan fingerprint density at radius 1 is 1.28 bits per heavy atom. The summed E-state index contributed by atoms with van der Waals surface area (Å²) in [5, 5.41) is 12.7. The number of alkyl halides is 3. The fraction of sp³-hybridized carbons (Fsp3) is 0.240. The number of methoxy groups -OCH3 is 1. The minimum atomic E-state index is -3.84. The average molecular weight is 515 g/mol. The molecule has 1 atom stereocenters. The second kappa shape index (κ2) is 10.4. The molecule has 2 aromatic heterocycles. The fourth-order valence-corrected chi connectivity index (χ4v) is 3.88. The highest BCUT2D eigenvalue weighted by Gasteiger charge is 2.28. The Balaban J connectivity index is 1.65.